The summed E-state index contributed by atoms with van der Waals surface area (Å²) in [5, 5.41) is 9.35. The van der Waals surface area contributed by atoms with Crippen LogP contribution < -0.4 is 9.47 Å². The topological polar surface area (TPSA) is 81.5 Å². The summed E-state index contributed by atoms with van der Waals surface area (Å²) < 4.78 is 16.4. The zero-order valence-electron chi connectivity index (χ0n) is 22.3. The standard InChI is InChI=1S/C28H37N5O4/c1-28(20-29)10-8-22(9-11-28)16-33-21-30(2)17-23(33)18-31-12-14-32(15-13-31)27(34)37-19-24-25(35-3)6-5-7-26(24)36-4/h5-10,17H,11-16,18-19,21H2,1-4H3. The maximum absolute atomic E-state index is 12.8. The molecule has 198 valence electrons. The summed E-state index contributed by atoms with van der Waals surface area (Å²) in [6.45, 7) is 7.36. The van der Waals surface area contributed by atoms with Crippen LogP contribution in [0.5, 0.6) is 11.5 Å². The molecule has 0 spiro atoms. The van der Waals surface area contributed by atoms with Gasteiger partial charge in [-0.2, -0.15) is 5.26 Å². The summed E-state index contributed by atoms with van der Waals surface area (Å²) >= 11 is 0. The molecule has 0 N–H and O–H groups in total. The molecule has 9 heteroatoms. The fourth-order valence-electron chi connectivity index (χ4n) is 4.83. The first-order valence-electron chi connectivity index (χ1n) is 12.6. The molecule has 4 rings (SSSR count). The Morgan fingerprint density at radius 3 is 2.41 bits per heavy atom. The van der Waals surface area contributed by atoms with Gasteiger partial charge in [0.25, 0.3) is 0 Å². The molecule has 0 aromatic heterocycles. The van der Waals surface area contributed by atoms with E-state index in [1.807, 2.05) is 31.2 Å². The van der Waals surface area contributed by atoms with Gasteiger partial charge < -0.3 is 28.9 Å². The second-order valence-electron chi connectivity index (χ2n) is 10.0. The summed E-state index contributed by atoms with van der Waals surface area (Å²) in [6.07, 6.45) is 8.92. The van der Waals surface area contributed by atoms with E-state index in [1.54, 1.807) is 19.1 Å². The molecule has 1 amide bonds. The molecule has 1 aromatic rings. The minimum atomic E-state index is -0.399. The zero-order valence-corrected chi connectivity index (χ0v) is 22.3. The molecule has 1 aliphatic carbocycles. The van der Waals surface area contributed by atoms with Gasteiger partial charge in [0.1, 0.15) is 18.1 Å². The Balaban J connectivity index is 1.26. The largest absolute Gasteiger partial charge is 0.496 e. The molecular formula is C28H37N5O4. The van der Waals surface area contributed by atoms with E-state index in [0.29, 0.717) is 24.6 Å². The molecule has 1 aromatic carbocycles. The summed E-state index contributed by atoms with van der Waals surface area (Å²) in [6, 6.07) is 7.88. The van der Waals surface area contributed by atoms with Gasteiger partial charge in [0, 0.05) is 58.2 Å². The van der Waals surface area contributed by atoms with Crippen molar-refractivity contribution in [2.75, 3.05) is 67.2 Å². The number of carbonyl (C=O) groups excluding carboxylic acids is 1. The molecule has 1 unspecified atom stereocenters. The number of piperazine rings is 1. The Labute approximate surface area is 219 Å². The summed E-state index contributed by atoms with van der Waals surface area (Å²) in [4.78, 5) is 21.5. The average Bonchev–Trinajstić information content (AvgIpc) is 3.26. The van der Waals surface area contributed by atoms with Crippen molar-refractivity contribution >= 4 is 6.09 Å². The average molecular weight is 508 g/mol. The van der Waals surface area contributed by atoms with Crippen molar-refractivity contribution < 1.29 is 19.0 Å². The predicted octanol–water partition coefficient (Wildman–Crippen LogP) is 3.42. The normalized spacial score (nSPS) is 21.9. The van der Waals surface area contributed by atoms with Crippen LogP contribution in [0.15, 0.2) is 53.9 Å². The molecule has 0 saturated carbocycles. The lowest BCUT2D eigenvalue weighted by atomic mass is 9.83. The van der Waals surface area contributed by atoms with Crippen LogP contribution in [0, 0.1) is 16.7 Å². The number of ether oxygens (including phenoxy) is 3. The highest BCUT2D eigenvalue weighted by Crippen LogP contribution is 2.30. The first-order valence-corrected chi connectivity index (χ1v) is 12.6. The second-order valence-corrected chi connectivity index (χ2v) is 10.0. The monoisotopic (exact) mass is 507 g/mol. The molecular weight excluding hydrogens is 470 g/mol. The number of methoxy groups -OCH3 is 2. The Morgan fingerprint density at radius 1 is 1.11 bits per heavy atom. The van der Waals surface area contributed by atoms with Gasteiger partial charge in [-0.3, -0.25) is 4.90 Å². The van der Waals surface area contributed by atoms with Gasteiger partial charge in [-0.1, -0.05) is 24.3 Å². The highest BCUT2D eigenvalue weighted by molar-refractivity contribution is 5.68. The number of benzene rings is 1. The molecule has 3 aliphatic rings. The highest BCUT2D eigenvalue weighted by atomic mass is 16.6. The number of rotatable bonds is 8. The Bertz CT molecular complexity index is 1090. The Kier molecular flexibility index (Phi) is 8.29. The second kappa shape index (κ2) is 11.6. The number of nitrogens with zero attached hydrogens (tertiary/aromatic N) is 5. The van der Waals surface area contributed by atoms with Gasteiger partial charge in [-0.25, -0.2) is 4.79 Å². The lowest BCUT2D eigenvalue weighted by molar-refractivity contribution is 0.0714. The van der Waals surface area contributed by atoms with Crippen LogP contribution in [0.1, 0.15) is 18.9 Å². The van der Waals surface area contributed by atoms with E-state index in [-0.39, 0.29) is 12.7 Å². The van der Waals surface area contributed by atoms with Gasteiger partial charge in [0.15, 0.2) is 0 Å². The lowest BCUT2D eigenvalue weighted by Crippen LogP contribution is -2.49. The maximum Gasteiger partial charge on any atom is 0.410 e. The van der Waals surface area contributed by atoms with E-state index in [4.69, 9.17) is 14.2 Å². The molecule has 37 heavy (non-hydrogen) atoms. The van der Waals surface area contributed by atoms with Gasteiger partial charge in [-0.05, 0) is 31.1 Å². The van der Waals surface area contributed by atoms with Gasteiger partial charge >= 0.3 is 6.09 Å². The van der Waals surface area contributed by atoms with Crippen LogP contribution in [0.25, 0.3) is 0 Å². The molecule has 0 bridgehead atoms. The maximum atomic E-state index is 12.8. The molecule has 0 radical (unpaired) electrons. The lowest BCUT2D eigenvalue weighted by Gasteiger charge is -2.35. The van der Waals surface area contributed by atoms with Crippen molar-refractivity contribution in [3.63, 3.8) is 0 Å². The van der Waals surface area contributed by atoms with Gasteiger partial charge in [0.05, 0.1) is 37.9 Å². The third-order valence-corrected chi connectivity index (χ3v) is 7.14. The van der Waals surface area contributed by atoms with Crippen molar-refractivity contribution in [2.24, 2.45) is 5.41 Å². The fourth-order valence-corrected chi connectivity index (χ4v) is 4.83. The zero-order chi connectivity index (χ0) is 26.4. The number of hydrogen-bond donors (Lipinski definition) is 0. The van der Waals surface area contributed by atoms with E-state index in [2.05, 4.69) is 46.2 Å². The predicted molar refractivity (Wildman–Crippen MR) is 141 cm³/mol. The van der Waals surface area contributed by atoms with Crippen LogP contribution in [0.2, 0.25) is 0 Å². The number of carbonyl (C=O) groups is 1. The van der Waals surface area contributed by atoms with Crippen molar-refractivity contribution in [3.8, 4) is 17.6 Å². The molecule has 1 saturated heterocycles. The molecule has 2 heterocycles. The first-order chi connectivity index (χ1) is 17.8. The number of amides is 1. The number of allylic oxidation sites excluding steroid dienone is 2. The SMILES string of the molecule is COc1cccc(OC)c1COC(=O)N1CCN(CC2=CN(C)CN2CC2=CCC(C)(C#N)C=C2)CC1. The Hall–Kier alpha value is -3.64. The van der Waals surface area contributed by atoms with Gasteiger partial charge in [-0.15, -0.1) is 0 Å². The third kappa shape index (κ3) is 6.38. The van der Waals surface area contributed by atoms with E-state index in [1.165, 1.54) is 11.3 Å². The van der Waals surface area contributed by atoms with Gasteiger partial charge in [0.2, 0.25) is 0 Å². The van der Waals surface area contributed by atoms with Crippen LogP contribution in [0.3, 0.4) is 0 Å². The van der Waals surface area contributed by atoms with Crippen LogP contribution >= 0.6 is 0 Å². The van der Waals surface area contributed by atoms with Crippen LogP contribution in [-0.4, -0.2) is 92.9 Å². The minimum Gasteiger partial charge on any atom is -0.496 e. The van der Waals surface area contributed by atoms with E-state index >= 15 is 0 Å². The highest BCUT2D eigenvalue weighted by Gasteiger charge is 2.28. The quantitative estimate of drug-likeness (QED) is 0.530. The van der Waals surface area contributed by atoms with Crippen LogP contribution in [-0.2, 0) is 11.3 Å². The molecule has 9 nitrogen and oxygen atoms in total. The first kappa shape index (κ1) is 26.4. The van der Waals surface area contributed by atoms with Crippen LogP contribution in [0.4, 0.5) is 4.79 Å². The van der Waals surface area contributed by atoms with E-state index < -0.39 is 5.41 Å². The smallest absolute Gasteiger partial charge is 0.410 e. The third-order valence-electron chi connectivity index (χ3n) is 7.14. The number of hydrogen-bond acceptors (Lipinski definition) is 8. The summed E-state index contributed by atoms with van der Waals surface area (Å²) in [7, 11) is 5.26. The van der Waals surface area contributed by atoms with Crippen molar-refractivity contribution in [2.45, 2.75) is 20.0 Å². The molecule has 1 atom stereocenters. The molecule has 2 aliphatic heterocycles. The number of nitriles is 1. The summed E-state index contributed by atoms with van der Waals surface area (Å²) in [5.41, 5.74) is 2.83. The fraction of sp³-hybridized carbons (Fsp3) is 0.500. The van der Waals surface area contributed by atoms with E-state index in [0.717, 1.165) is 44.8 Å². The Morgan fingerprint density at radius 2 is 1.81 bits per heavy atom. The minimum absolute atomic E-state index is 0.0955. The van der Waals surface area contributed by atoms with E-state index in [9.17, 15) is 10.1 Å². The summed E-state index contributed by atoms with van der Waals surface area (Å²) in [5.74, 6) is 1.27. The van der Waals surface area contributed by atoms with Crippen molar-refractivity contribution in [1.82, 2.24) is 19.6 Å². The van der Waals surface area contributed by atoms with Crippen molar-refractivity contribution in [1.29, 1.82) is 5.26 Å². The van der Waals surface area contributed by atoms with Crippen molar-refractivity contribution in [3.05, 3.63) is 59.5 Å². The molecule has 1 fully saturated rings.